The summed E-state index contributed by atoms with van der Waals surface area (Å²) in [6.45, 7) is 3.15. The van der Waals surface area contributed by atoms with E-state index in [2.05, 4.69) is 11.2 Å². The van der Waals surface area contributed by atoms with E-state index in [-0.39, 0.29) is 18.4 Å². The molecule has 5 nitrogen and oxygen atoms in total. The lowest BCUT2D eigenvalue weighted by Gasteiger charge is -2.21. The first-order valence-corrected chi connectivity index (χ1v) is 6.21. The van der Waals surface area contributed by atoms with Gasteiger partial charge in [0.25, 0.3) is 0 Å². The summed E-state index contributed by atoms with van der Waals surface area (Å²) in [5, 5.41) is 11.4. The van der Waals surface area contributed by atoms with Gasteiger partial charge in [0.2, 0.25) is 0 Å². The third-order valence-electron chi connectivity index (χ3n) is 2.87. The summed E-state index contributed by atoms with van der Waals surface area (Å²) in [6, 6.07) is -0.197. The van der Waals surface area contributed by atoms with E-state index in [1.165, 1.54) is 0 Å². The van der Waals surface area contributed by atoms with Crippen molar-refractivity contribution in [3.63, 3.8) is 0 Å². The summed E-state index contributed by atoms with van der Waals surface area (Å²) < 4.78 is 0. The van der Waals surface area contributed by atoms with Crippen molar-refractivity contribution >= 4 is 12.0 Å². The SMILES string of the molecule is C#CCN(CC1CC1)C(=O)NCC(C)CC(=O)O. The summed E-state index contributed by atoms with van der Waals surface area (Å²) >= 11 is 0. The molecule has 0 saturated heterocycles. The maximum atomic E-state index is 11.9. The largest absolute Gasteiger partial charge is 0.481 e. The first-order chi connectivity index (χ1) is 8.52. The predicted molar refractivity (Wildman–Crippen MR) is 67.9 cm³/mol. The third kappa shape index (κ3) is 5.58. The molecule has 2 N–H and O–H groups in total. The number of amides is 2. The molecule has 1 saturated carbocycles. The van der Waals surface area contributed by atoms with Crippen molar-refractivity contribution in [2.24, 2.45) is 11.8 Å². The molecular weight excluding hydrogens is 232 g/mol. The molecule has 0 spiro atoms. The fourth-order valence-corrected chi connectivity index (χ4v) is 1.69. The molecule has 0 aromatic carbocycles. The monoisotopic (exact) mass is 252 g/mol. The van der Waals surface area contributed by atoms with Gasteiger partial charge < -0.3 is 15.3 Å². The number of aliphatic carboxylic acids is 1. The van der Waals surface area contributed by atoms with E-state index in [9.17, 15) is 9.59 Å². The Balaban J connectivity index is 2.31. The van der Waals surface area contributed by atoms with Crippen LogP contribution in [0.5, 0.6) is 0 Å². The van der Waals surface area contributed by atoms with E-state index >= 15 is 0 Å². The van der Waals surface area contributed by atoms with E-state index in [4.69, 9.17) is 11.5 Å². The Bertz CT molecular complexity index is 345. The van der Waals surface area contributed by atoms with Gasteiger partial charge in [-0.2, -0.15) is 0 Å². The first-order valence-electron chi connectivity index (χ1n) is 6.21. The van der Waals surface area contributed by atoms with Crippen LogP contribution in [0.1, 0.15) is 26.2 Å². The average Bonchev–Trinajstić information content (AvgIpc) is 3.08. The number of hydrogen-bond donors (Lipinski definition) is 2. The molecule has 100 valence electrons. The zero-order valence-electron chi connectivity index (χ0n) is 10.7. The topological polar surface area (TPSA) is 69.6 Å². The van der Waals surface area contributed by atoms with Crippen LogP contribution in [0.2, 0.25) is 0 Å². The van der Waals surface area contributed by atoms with Crippen molar-refractivity contribution in [1.82, 2.24) is 10.2 Å². The van der Waals surface area contributed by atoms with Crippen LogP contribution in [0.25, 0.3) is 0 Å². The molecule has 18 heavy (non-hydrogen) atoms. The second-order valence-electron chi connectivity index (χ2n) is 4.92. The van der Waals surface area contributed by atoms with Crippen molar-refractivity contribution < 1.29 is 14.7 Å². The number of rotatable bonds is 7. The number of terminal acetylenes is 1. The molecule has 1 aliphatic rings. The molecule has 0 bridgehead atoms. The number of urea groups is 1. The molecular formula is C13H20N2O3. The highest BCUT2D eigenvalue weighted by atomic mass is 16.4. The summed E-state index contributed by atoms with van der Waals surface area (Å²) in [7, 11) is 0. The molecule has 0 radical (unpaired) electrons. The van der Waals surface area contributed by atoms with E-state index in [0.29, 0.717) is 25.6 Å². The van der Waals surface area contributed by atoms with Gasteiger partial charge in [-0.3, -0.25) is 4.79 Å². The Labute approximate surface area is 108 Å². The van der Waals surface area contributed by atoms with Crippen molar-refractivity contribution in [1.29, 1.82) is 0 Å². The number of hydrogen-bond acceptors (Lipinski definition) is 2. The molecule has 2 amide bonds. The number of carbonyl (C=O) groups excluding carboxylic acids is 1. The lowest BCUT2D eigenvalue weighted by atomic mass is 10.1. The van der Waals surface area contributed by atoms with Crippen molar-refractivity contribution in [3.8, 4) is 12.3 Å². The summed E-state index contributed by atoms with van der Waals surface area (Å²) in [5.74, 6) is 2.12. The van der Waals surface area contributed by atoms with E-state index in [0.717, 1.165) is 12.8 Å². The maximum Gasteiger partial charge on any atom is 0.318 e. The fraction of sp³-hybridized carbons (Fsp3) is 0.692. The van der Waals surface area contributed by atoms with Gasteiger partial charge in [-0.1, -0.05) is 12.8 Å². The smallest absolute Gasteiger partial charge is 0.318 e. The molecule has 5 heteroatoms. The van der Waals surface area contributed by atoms with Crippen LogP contribution in [-0.4, -0.2) is 41.6 Å². The van der Waals surface area contributed by atoms with Gasteiger partial charge in [0, 0.05) is 19.5 Å². The zero-order valence-corrected chi connectivity index (χ0v) is 10.7. The number of nitrogens with zero attached hydrogens (tertiary/aromatic N) is 1. The molecule has 0 aromatic heterocycles. The Morgan fingerprint density at radius 3 is 2.72 bits per heavy atom. The number of carboxylic acid groups (broad SMARTS) is 1. The van der Waals surface area contributed by atoms with Crippen LogP contribution < -0.4 is 5.32 Å². The van der Waals surface area contributed by atoms with Crippen molar-refractivity contribution in [2.75, 3.05) is 19.6 Å². The molecule has 1 fully saturated rings. The van der Waals surface area contributed by atoms with Gasteiger partial charge in [0.15, 0.2) is 0 Å². The van der Waals surface area contributed by atoms with E-state index in [1.54, 1.807) is 11.8 Å². The summed E-state index contributed by atoms with van der Waals surface area (Å²) in [5.41, 5.74) is 0. The minimum absolute atomic E-state index is 0.0536. The van der Waals surface area contributed by atoms with Crippen LogP contribution >= 0.6 is 0 Å². The van der Waals surface area contributed by atoms with E-state index in [1.807, 2.05) is 0 Å². The number of nitrogens with one attached hydrogen (secondary N) is 1. The van der Waals surface area contributed by atoms with Gasteiger partial charge in [0.05, 0.1) is 6.54 Å². The van der Waals surface area contributed by atoms with Crippen LogP contribution in [0.15, 0.2) is 0 Å². The van der Waals surface area contributed by atoms with Crippen LogP contribution in [-0.2, 0) is 4.79 Å². The molecule has 1 aliphatic carbocycles. The highest BCUT2D eigenvalue weighted by Crippen LogP contribution is 2.29. The second-order valence-corrected chi connectivity index (χ2v) is 4.92. The van der Waals surface area contributed by atoms with Crippen molar-refractivity contribution in [3.05, 3.63) is 0 Å². The molecule has 1 unspecified atom stereocenters. The van der Waals surface area contributed by atoms with Gasteiger partial charge in [-0.05, 0) is 24.7 Å². The third-order valence-corrected chi connectivity index (χ3v) is 2.87. The molecule has 1 rings (SSSR count). The Morgan fingerprint density at radius 2 is 2.22 bits per heavy atom. The van der Waals surface area contributed by atoms with Gasteiger partial charge in [0.1, 0.15) is 0 Å². The number of carbonyl (C=O) groups is 2. The lowest BCUT2D eigenvalue weighted by Crippen LogP contribution is -2.43. The fourth-order valence-electron chi connectivity index (χ4n) is 1.69. The number of carboxylic acids is 1. The minimum Gasteiger partial charge on any atom is -0.481 e. The highest BCUT2D eigenvalue weighted by molar-refractivity contribution is 5.74. The Kier molecular flexibility index (Phi) is 5.50. The average molecular weight is 252 g/mol. The molecule has 0 heterocycles. The van der Waals surface area contributed by atoms with Crippen molar-refractivity contribution in [2.45, 2.75) is 26.2 Å². The van der Waals surface area contributed by atoms with E-state index < -0.39 is 5.97 Å². The standard InChI is InChI=1S/C13H20N2O3/c1-3-6-15(9-11-4-5-11)13(18)14-8-10(2)7-12(16)17/h1,10-11H,4-9H2,2H3,(H,14,18)(H,16,17). The van der Waals surface area contributed by atoms with Gasteiger partial charge in [-0.25, -0.2) is 4.79 Å². The quantitative estimate of drug-likeness (QED) is 0.668. The normalized spacial score (nSPS) is 15.6. The maximum absolute atomic E-state index is 11.9. The Hall–Kier alpha value is -1.70. The minimum atomic E-state index is -0.852. The van der Waals surface area contributed by atoms with Crippen LogP contribution in [0, 0.1) is 24.2 Å². The summed E-state index contributed by atoms with van der Waals surface area (Å²) in [6.07, 6.45) is 7.60. The highest BCUT2D eigenvalue weighted by Gasteiger charge is 2.26. The van der Waals surface area contributed by atoms with Gasteiger partial charge in [-0.15, -0.1) is 6.42 Å². The van der Waals surface area contributed by atoms with Crippen LogP contribution in [0.4, 0.5) is 4.79 Å². The lowest BCUT2D eigenvalue weighted by molar-refractivity contribution is -0.137. The molecule has 0 aliphatic heterocycles. The molecule has 0 aromatic rings. The predicted octanol–water partition coefficient (Wildman–Crippen LogP) is 1.15. The second kappa shape index (κ2) is 6.90. The van der Waals surface area contributed by atoms with Gasteiger partial charge >= 0.3 is 12.0 Å². The summed E-state index contributed by atoms with van der Waals surface area (Å²) in [4.78, 5) is 24.0. The Morgan fingerprint density at radius 1 is 1.56 bits per heavy atom. The zero-order chi connectivity index (χ0) is 13.5. The first kappa shape index (κ1) is 14.4. The van der Waals surface area contributed by atoms with Crippen LogP contribution in [0.3, 0.4) is 0 Å². The molecule has 1 atom stereocenters.